The third-order valence-corrected chi connectivity index (χ3v) is 4.30. The van der Waals surface area contributed by atoms with Gasteiger partial charge in [0, 0.05) is 10.6 Å². The maximum absolute atomic E-state index is 12.1. The molecule has 0 spiro atoms. The summed E-state index contributed by atoms with van der Waals surface area (Å²) in [5.41, 5.74) is 3.59. The van der Waals surface area contributed by atoms with E-state index in [1.165, 1.54) is 20.5 Å². The molecule has 0 heterocycles. The smallest absolute Gasteiger partial charge is 0.341 e. The number of methoxy groups -OCH3 is 2. The lowest BCUT2D eigenvalue weighted by molar-refractivity contribution is -0.133. The van der Waals surface area contributed by atoms with Crippen molar-refractivity contribution in [1.29, 1.82) is 0 Å². The molecular formula is C23H24ClNO4. The summed E-state index contributed by atoms with van der Waals surface area (Å²) >= 11 is 5.90. The van der Waals surface area contributed by atoms with E-state index >= 15 is 0 Å². The van der Waals surface area contributed by atoms with Crippen LogP contribution in [0.4, 0.5) is 0 Å². The number of oxime groups is 1. The van der Waals surface area contributed by atoms with E-state index in [2.05, 4.69) is 5.16 Å². The summed E-state index contributed by atoms with van der Waals surface area (Å²) in [6.45, 7) is 2.20. The number of halogens is 1. The normalized spacial score (nSPS) is 12.1. The minimum atomic E-state index is -0.483. The van der Waals surface area contributed by atoms with E-state index in [-0.39, 0.29) is 6.61 Å². The second-order valence-electron chi connectivity index (χ2n) is 6.01. The van der Waals surface area contributed by atoms with Gasteiger partial charge < -0.3 is 14.3 Å². The van der Waals surface area contributed by atoms with Gasteiger partial charge in [0.1, 0.15) is 12.2 Å². The van der Waals surface area contributed by atoms with Gasteiger partial charge in [-0.2, -0.15) is 0 Å². The summed E-state index contributed by atoms with van der Waals surface area (Å²) in [6.07, 6.45) is 5.93. The molecule has 29 heavy (non-hydrogen) atoms. The SMILES string of the molecule is CCC(C=Cc1ccc(Cl)cc1)=NOCc1ccccc1C(=COC)C(=O)OC. The van der Waals surface area contributed by atoms with Crippen LogP contribution in [-0.2, 0) is 25.7 Å². The molecule has 5 nitrogen and oxygen atoms in total. The predicted octanol–water partition coefficient (Wildman–Crippen LogP) is 5.50. The molecule has 152 valence electrons. The topological polar surface area (TPSA) is 57.1 Å². The lowest BCUT2D eigenvalue weighted by atomic mass is 10.0. The van der Waals surface area contributed by atoms with Gasteiger partial charge in [-0.05, 0) is 35.8 Å². The van der Waals surface area contributed by atoms with Gasteiger partial charge in [0.15, 0.2) is 0 Å². The Balaban J connectivity index is 2.13. The van der Waals surface area contributed by atoms with Crippen LogP contribution in [0.5, 0.6) is 0 Å². The van der Waals surface area contributed by atoms with Crippen LogP contribution >= 0.6 is 11.6 Å². The van der Waals surface area contributed by atoms with Crippen molar-refractivity contribution in [2.24, 2.45) is 5.16 Å². The van der Waals surface area contributed by atoms with Crippen LogP contribution in [0.3, 0.4) is 0 Å². The number of esters is 1. The fraction of sp³-hybridized carbons (Fsp3) is 0.217. The lowest BCUT2D eigenvalue weighted by Gasteiger charge is -2.11. The zero-order valence-corrected chi connectivity index (χ0v) is 17.5. The maximum Gasteiger partial charge on any atom is 0.341 e. The van der Waals surface area contributed by atoms with Crippen molar-refractivity contribution >= 4 is 34.9 Å². The third-order valence-electron chi connectivity index (χ3n) is 4.05. The molecule has 0 radical (unpaired) electrons. The monoisotopic (exact) mass is 413 g/mol. The van der Waals surface area contributed by atoms with Crippen LogP contribution in [0.25, 0.3) is 11.6 Å². The first-order chi connectivity index (χ1) is 14.1. The van der Waals surface area contributed by atoms with E-state index in [1.54, 1.807) is 0 Å². The lowest BCUT2D eigenvalue weighted by Crippen LogP contribution is -2.07. The fourth-order valence-electron chi connectivity index (χ4n) is 2.52. The molecule has 0 amide bonds. The molecule has 0 aliphatic heterocycles. The average Bonchev–Trinajstić information content (AvgIpc) is 2.75. The van der Waals surface area contributed by atoms with Crippen LogP contribution in [0.1, 0.15) is 30.0 Å². The average molecular weight is 414 g/mol. The van der Waals surface area contributed by atoms with Gasteiger partial charge in [0.2, 0.25) is 0 Å². The van der Waals surface area contributed by atoms with Gasteiger partial charge in [-0.1, -0.05) is 66.2 Å². The molecule has 0 unspecified atom stereocenters. The van der Waals surface area contributed by atoms with Crippen molar-refractivity contribution in [2.45, 2.75) is 20.0 Å². The number of allylic oxidation sites excluding steroid dienone is 1. The van der Waals surface area contributed by atoms with E-state index in [0.717, 1.165) is 16.8 Å². The quantitative estimate of drug-likeness (QED) is 0.179. The summed E-state index contributed by atoms with van der Waals surface area (Å²) in [5, 5.41) is 4.92. The van der Waals surface area contributed by atoms with Gasteiger partial charge in [0.25, 0.3) is 0 Å². The minimum absolute atomic E-state index is 0.201. The van der Waals surface area contributed by atoms with E-state index < -0.39 is 5.97 Å². The molecule has 0 N–H and O–H groups in total. The third kappa shape index (κ3) is 6.80. The second-order valence-corrected chi connectivity index (χ2v) is 6.45. The number of rotatable bonds is 9. The zero-order valence-electron chi connectivity index (χ0n) is 16.7. The Kier molecular flexibility index (Phi) is 8.99. The highest BCUT2D eigenvalue weighted by atomic mass is 35.5. The predicted molar refractivity (Wildman–Crippen MR) is 116 cm³/mol. The first kappa shape index (κ1) is 22.2. The fourth-order valence-corrected chi connectivity index (χ4v) is 2.65. The molecule has 0 atom stereocenters. The highest BCUT2D eigenvalue weighted by Gasteiger charge is 2.16. The number of hydrogen-bond donors (Lipinski definition) is 0. The molecule has 2 aromatic rings. The van der Waals surface area contributed by atoms with Crippen LogP contribution < -0.4 is 0 Å². The molecule has 0 bridgehead atoms. The van der Waals surface area contributed by atoms with E-state index in [9.17, 15) is 4.79 Å². The van der Waals surface area contributed by atoms with Gasteiger partial charge in [0.05, 0.1) is 26.2 Å². The summed E-state index contributed by atoms with van der Waals surface area (Å²) in [7, 11) is 2.81. The van der Waals surface area contributed by atoms with Crippen LogP contribution in [0.15, 0.2) is 66.0 Å². The molecule has 2 aromatic carbocycles. The largest absolute Gasteiger partial charge is 0.503 e. The Labute approximate surface area is 176 Å². The van der Waals surface area contributed by atoms with Crippen molar-refractivity contribution in [1.82, 2.24) is 0 Å². The van der Waals surface area contributed by atoms with Gasteiger partial charge in [-0.3, -0.25) is 0 Å². The summed E-state index contributed by atoms with van der Waals surface area (Å²) < 4.78 is 9.87. The number of ether oxygens (including phenoxy) is 2. The van der Waals surface area contributed by atoms with Crippen molar-refractivity contribution in [2.75, 3.05) is 14.2 Å². The Morgan fingerprint density at radius 3 is 2.48 bits per heavy atom. The van der Waals surface area contributed by atoms with Crippen molar-refractivity contribution in [3.8, 4) is 0 Å². The van der Waals surface area contributed by atoms with E-state index in [0.29, 0.717) is 22.6 Å². The van der Waals surface area contributed by atoms with Crippen molar-refractivity contribution in [3.05, 3.63) is 82.6 Å². The first-order valence-corrected chi connectivity index (χ1v) is 9.48. The molecule has 0 saturated carbocycles. The number of carbonyl (C=O) groups is 1. The molecule has 6 heteroatoms. The van der Waals surface area contributed by atoms with Gasteiger partial charge in [-0.25, -0.2) is 4.79 Å². The zero-order chi connectivity index (χ0) is 21.1. The van der Waals surface area contributed by atoms with E-state index in [4.69, 9.17) is 25.9 Å². The van der Waals surface area contributed by atoms with Gasteiger partial charge >= 0.3 is 5.97 Å². The Morgan fingerprint density at radius 2 is 1.83 bits per heavy atom. The summed E-state index contributed by atoms with van der Waals surface area (Å²) in [4.78, 5) is 17.6. The van der Waals surface area contributed by atoms with Crippen LogP contribution in [-0.4, -0.2) is 25.9 Å². The van der Waals surface area contributed by atoms with E-state index in [1.807, 2.05) is 67.6 Å². The minimum Gasteiger partial charge on any atom is -0.503 e. The number of hydrogen-bond acceptors (Lipinski definition) is 5. The second kappa shape index (κ2) is 11.7. The molecular weight excluding hydrogens is 390 g/mol. The Morgan fingerprint density at radius 1 is 1.10 bits per heavy atom. The maximum atomic E-state index is 12.1. The molecule has 0 aliphatic carbocycles. The van der Waals surface area contributed by atoms with Crippen LogP contribution in [0.2, 0.25) is 5.02 Å². The van der Waals surface area contributed by atoms with Crippen molar-refractivity contribution in [3.63, 3.8) is 0 Å². The number of benzene rings is 2. The molecule has 2 rings (SSSR count). The summed E-state index contributed by atoms with van der Waals surface area (Å²) in [6, 6.07) is 14.9. The van der Waals surface area contributed by atoms with Gasteiger partial charge in [-0.15, -0.1) is 0 Å². The Bertz CT molecular complexity index is 901. The molecule has 0 fully saturated rings. The molecule has 0 aliphatic rings. The standard InChI is InChI=1S/C23H24ClNO4/c1-4-20(14-11-17-9-12-19(24)13-10-17)25-29-15-18-7-5-6-8-21(18)22(16-27-2)23(26)28-3/h5-14,16H,4,15H2,1-3H3. The first-order valence-electron chi connectivity index (χ1n) is 9.11. The van der Waals surface area contributed by atoms with Crippen molar-refractivity contribution < 1.29 is 19.1 Å². The highest BCUT2D eigenvalue weighted by Crippen LogP contribution is 2.22. The number of carbonyl (C=O) groups excluding carboxylic acids is 1. The Hall–Kier alpha value is -3.05. The summed E-state index contributed by atoms with van der Waals surface area (Å²) in [5.74, 6) is -0.483. The highest BCUT2D eigenvalue weighted by molar-refractivity contribution is 6.30. The molecule has 0 saturated heterocycles. The number of nitrogens with zero attached hydrogens (tertiary/aromatic N) is 1. The van der Waals surface area contributed by atoms with Crippen LogP contribution in [0, 0.1) is 0 Å². The molecule has 0 aromatic heterocycles.